The van der Waals surface area contributed by atoms with Gasteiger partial charge in [-0.05, 0) is 0 Å². The van der Waals surface area contributed by atoms with Gasteiger partial charge in [-0.25, -0.2) is 0 Å². The zero-order valence-electron chi connectivity index (χ0n) is 12.8. The summed E-state index contributed by atoms with van der Waals surface area (Å²) in [6, 6.07) is 0. The SMILES string of the molecule is CCCC[PH](CCCC)(CCCC)C(C)OC. The zero-order valence-corrected chi connectivity index (χ0v) is 13.8. The van der Waals surface area contributed by atoms with E-state index in [2.05, 4.69) is 27.7 Å². The van der Waals surface area contributed by atoms with E-state index in [0.29, 0.717) is 5.85 Å². The van der Waals surface area contributed by atoms with Crippen LogP contribution in [0.1, 0.15) is 66.2 Å². The first kappa shape index (κ1) is 17.4. The zero-order chi connectivity index (χ0) is 13.1. The molecule has 0 aromatic rings. The normalized spacial score (nSPS) is 14.9. The molecule has 0 aromatic heterocycles. The fourth-order valence-electron chi connectivity index (χ4n) is 2.82. The Kier molecular flexibility index (Phi) is 10.6. The average molecular weight is 262 g/mol. The Morgan fingerprint density at radius 1 is 0.824 bits per heavy atom. The maximum atomic E-state index is 5.77. The molecule has 0 aliphatic rings. The summed E-state index contributed by atoms with van der Waals surface area (Å²) in [4.78, 5) is 0. The molecular formula is C15H35OP. The van der Waals surface area contributed by atoms with Crippen LogP contribution in [-0.2, 0) is 4.74 Å². The third kappa shape index (κ3) is 6.20. The molecule has 0 aromatic carbocycles. The molecule has 106 valence electrons. The van der Waals surface area contributed by atoms with Crippen LogP contribution in [-0.4, -0.2) is 31.4 Å². The molecule has 0 radical (unpaired) electrons. The van der Waals surface area contributed by atoms with Crippen molar-refractivity contribution in [3.8, 4) is 0 Å². The first-order chi connectivity index (χ1) is 8.16. The second-order valence-electron chi connectivity index (χ2n) is 5.55. The van der Waals surface area contributed by atoms with E-state index in [-0.39, 0.29) is 0 Å². The number of unbranched alkanes of at least 4 members (excludes halogenated alkanes) is 3. The molecule has 0 amide bonds. The fraction of sp³-hybridized carbons (Fsp3) is 1.00. The second-order valence-corrected chi connectivity index (χ2v) is 10.6. The van der Waals surface area contributed by atoms with Gasteiger partial charge in [0.05, 0.1) is 0 Å². The number of methoxy groups -OCH3 is 1. The maximum absolute atomic E-state index is 5.77. The molecule has 0 aliphatic heterocycles. The van der Waals surface area contributed by atoms with Crippen molar-refractivity contribution in [2.75, 3.05) is 25.6 Å². The molecule has 17 heavy (non-hydrogen) atoms. The van der Waals surface area contributed by atoms with Crippen molar-refractivity contribution < 1.29 is 4.74 Å². The van der Waals surface area contributed by atoms with E-state index >= 15 is 0 Å². The fourth-order valence-corrected chi connectivity index (χ4v) is 8.46. The Morgan fingerprint density at radius 2 is 1.18 bits per heavy atom. The van der Waals surface area contributed by atoms with E-state index in [1.807, 2.05) is 7.11 Å². The van der Waals surface area contributed by atoms with Crippen LogP contribution < -0.4 is 0 Å². The van der Waals surface area contributed by atoms with Crippen molar-refractivity contribution in [3.63, 3.8) is 0 Å². The second kappa shape index (κ2) is 10.3. The average Bonchev–Trinajstić information content (AvgIpc) is 2.37. The first-order valence-electron chi connectivity index (χ1n) is 7.69. The van der Waals surface area contributed by atoms with E-state index in [1.54, 1.807) is 0 Å². The summed E-state index contributed by atoms with van der Waals surface area (Å²) in [5.41, 5.74) is 0. The summed E-state index contributed by atoms with van der Waals surface area (Å²) in [5.74, 6) is 0.548. The van der Waals surface area contributed by atoms with Gasteiger partial charge in [-0.3, -0.25) is 0 Å². The Balaban J connectivity index is 4.63. The van der Waals surface area contributed by atoms with Gasteiger partial charge >= 0.3 is 110 Å². The van der Waals surface area contributed by atoms with Crippen LogP contribution in [0.4, 0.5) is 0 Å². The van der Waals surface area contributed by atoms with Gasteiger partial charge < -0.3 is 0 Å². The minimum absolute atomic E-state index is 0.548. The van der Waals surface area contributed by atoms with Crippen molar-refractivity contribution in [2.24, 2.45) is 0 Å². The molecule has 0 aliphatic carbocycles. The number of hydrogen-bond acceptors (Lipinski definition) is 1. The van der Waals surface area contributed by atoms with Gasteiger partial charge in [0.1, 0.15) is 0 Å². The van der Waals surface area contributed by atoms with E-state index in [0.717, 1.165) is 0 Å². The summed E-state index contributed by atoms with van der Waals surface area (Å²) in [6.45, 7) is 9.29. The number of ether oxygens (including phenoxy) is 1. The quantitative estimate of drug-likeness (QED) is 0.469. The van der Waals surface area contributed by atoms with Crippen molar-refractivity contribution in [1.82, 2.24) is 0 Å². The molecular weight excluding hydrogens is 227 g/mol. The Labute approximate surface area is 110 Å². The van der Waals surface area contributed by atoms with E-state index in [4.69, 9.17) is 4.74 Å². The molecule has 1 nitrogen and oxygen atoms in total. The Morgan fingerprint density at radius 3 is 1.41 bits per heavy atom. The molecule has 0 heterocycles. The Hall–Kier alpha value is 0.390. The molecule has 0 N–H and O–H groups in total. The monoisotopic (exact) mass is 262 g/mol. The van der Waals surface area contributed by atoms with Crippen molar-refractivity contribution >= 4 is 7.26 Å². The summed E-state index contributed by atoms with van der Waals surface area (Å²) in [7, 11) is 0.729. The summed E-state index contributed by atoms with van der Waals surface area (Å²) >= 11 is 0. The van der Waals surface area contributed by atoms with Crippen molar-refractivity contribution in [3.05, 3.63) is 0 Å². The van der Waals surface area contributed by atoms with Crippen LogP contribution in [0.25, 0.3) is 0 Å². The summed E-state index contributed by atoms with van der Waals surface area (Å²) in [5, 5.41) is 0. The molecule has 1 unspecified atom stereocenters. The van der Waals surface area contributed by atoms with Crippen molar-refractivity contribution in [1.29, 1.82) is 0 Å². The predicted octanol–water partition coefficient (Wildman–Crippen LogP) is 5.13. The van der Waals surface area contributed by atoms with E-state index < -0.39 is 7.26 Å². The van der Waals surface area contributed by atoms with Gasteiger partial charge in [0.25, 0.3) is 0 Å². The van der Waals surface area contributed by atoms with Gasteiger partial charge in [0.2, 0.25) is 0 Å². The van der Waals surface area contributed by atoms with Crippen LogP contribution in [0.2, 0.25) is 0 Å². The van der Waals surface area contributed by atoms with Gasteiger partial charge in [-0.2, -0.15) is 0 Å². The van der Waals surface area contributed by atoms with Crippen LogP contribution >= 0.6 is 7.26 Å². The molecule has 0 spiro atoms. The summed E-state index contributed by atoms with van der Waals surface area (Å²) < 4.78 is 5.77. The van der Waals surface area contributed by atoms with Gasteiger partial charge in [-0.15, -0.1) is 0 Å². The third-order valence-corrected chi connectivity index (χ3v) is 10.3. The molecule has 0 fully saturated rings. The predicted molar refractivity (Wildman–Crippen MR) is 84.1 cm³/mol. The van der Waals surface area contributed by atoms with Crippen LogP contribution in [0, 0.1) is 0 Å². The van der Waals surface area contributed by atoms with Crippen LogP contribution in [0.3, 0.4) is 0 Å². The van der Waals surface area contributed by atoms with Gasteiger partial charge in [0.15, 0.2) is 0 Å². The van der Waals surface area contributed by atoms with Crippen LogP contribution in [0.5, 0.6) is 0 Å². The van der Waals surface area contributed by atoms with Crippen LogP contribution in [0.15, 0.2) is 0 Å². The van der Waals surface area contributed by atoms with E-state index in [1.165, 1.54) is 57.0 Å². The van der Waals surface area contributed by atoms with Gasteiger partial charge in [0, 0.05) is 0 Å². The standard InChI is InChI=1S/C15H35OP/c1-6-9-12-17(13-10-7-2,14-11-8-3)15(4)16-5/h15,17H,6-14H2,1-5H3. The topological polar surface area (TPSA) is 9.23 Å². The third-order valence-electron chi connectivity index (χ3n) is 4.30. The number of rotatable bonds is 11. The Bertz CT molecular complexity index is 149. The van der Waals surface area contributed by atoms with E-state index in [9.17, 15) is 0 Å². The molecule has 2 heteroatoms. The summed E-state index contributed by atoms with van der Waals surface area (Å²) in [6.07, 6.45) is 12.7. The number of hydrogen-bond donors (Lipinski definition) is 0. The minimum atomic E-state index is -1.18. The first-order valence-corrected chi connectivity index (χ1v) is 10.4. The molecule has 1 atom stereocenters. The molecule has 0 saturated heterocycles. The molecule has 0 rings (SSSR count). The van der Waals surface area contributed by atoms with Crippen molar-refractivity contribution in [2.45, 2.75) is 72.1 Å². The molecule has 0 saturated carbocycles. The van der Waals surface area contributed by atoms with Gasteiger partial charge in [-0.1, -0.05) is 0 Å². The molecule has 0 bridgehead atoms.